The fourth-order valence-electron chi connectivity index (χ4n) is 2.26. The van der Waals surface area contributed by atoms with Crippen molar-refractivity contribution in [2.45, 2.75) is 37.6 Å². The highest BCUT2D eigenvalue weighted by atomic mass is 19.4. The summed E-state index contributed by atoms with van der Waals surface area (Å²) in [6.07, 6.45) is -5.78. The average Bonchev–Trinajstić information content (AvgIpc) is 3.13. The van der Waals surface area contributed by atoms with Crippen LogP contribution in [0.5, 0.6) is 0 Å². The first-order valence-electron chi connectivity index (χ1n) is 6.83. The highest BCUT2D eigenvalue weighted by molar-refractivity contribution is 5.81. The van der Waals surface area contributed by atoms with Gasteiger partial charge in [-0.1, -0.05) is 0 Å². The molecule has 0 radical (unpaired) electrons. The number of alkyl halides is 3. The lowest BCUT2D eigenvalue weighted by atomic mass is 9.95. The van der Waals surface area contributed by atoms with E-state index in [1.165, 1.54) is 13.0 Å². The van der Waals surface area contributed by atoms with Gasteiger partial charge in [-0.2, -0.15) is 13.2 Å². The average molecular weight is 336 g/mol. The monoisotopic (exact) mass is 336 g/mol. The molecule has 1 aliphatic rings. The zero-order valence-electron chi connectivity index (χ0n) is 12.1. The van der Waals surface area contributed by atoms with Crippen LogP contribution in [0.15, 0.2) is 16.5 Å². The fourth-order valence-corrected chi connectivity index (χ4v) is 2.26. The third-order valence-electron chi connectivity index (χ3n) is 3.77. The molecule has 0 unspecified atom stereocenters. The minimum absolute atomic E-state index is 0.0692. The number of carbonyl (C=O) groups is 1. The maximum Gasteiger partial charge on any atom is 0.424 e. The van der Waals surface area contributed by atoms with Crippen molar-refractivity contribution < 1.29 is 32.4 Å². The third-order valence-corrected chi connectivity index (χ3v) is 3.77. The standard InChI is InChI=1S/C13H15F3N2O5/c1-7-2-3-10(23-7)12(20,13(14,15)16)4-5-17-11(19)8-6-9(8)18(21)22/h2-3,8-9,20H,4-6H2,1H3,(H,17,19)/t8-,9-,12-/m1/s1. The Morgan fingerprint density at radius 2 is 2.17 bits per heavy atom. The minimum Gasteiger partial charge on any atom is -0.463 e. The second kappa shape index (κ2) is 5.84. The summed E-state index contributed by atoms with van der Waals surface area (Å²) in [5, 5.41) is 22.6. The molecule has 7 nitrogen and oxygen atoms in total. The topological polar surface area (TPSA) is 106 Å². The Labute approximate surface area is 128 Å². The molecular formula is C13H15F3N2O5. The lowest BCUT2D eigenvalue weighted by Gasteiger charge is -2.28. The van der Waals surface area contributed by atoms with Crippen LogP contribution in [0.3, 0.4) is 0 Å². The SMILES string of the molecule is Cc1ccc([C@](O)(CCNC(=O)[C@@H]2C[C@H]2[N+](=O)[O-])C(F)(F)F)o1. The normalized spacial score (nSPS) is 23.2. The maximum absolute atomic E-state index is 13.2. The van der Waals surface area contributed by atoms with Gasteiger partial charge in [0.2, 0.25) is 17.6 Å². The Hall–Kier alpha value is -2.10. The zero-order chi connectivity index (χ0) is 17.4. The second-order valence-electron chi connectivity index (χ2n) is 5.50. The van der Waals surface area contributed by atoms with Gasteiger partial charge < -0.3 is 14.8 Å². The van der Waals surface area contributed by atoms with E-state index in [1.54, 1.807) is 0 Å². The number of nitrogens with one attached hydrogen (secondary N) is 1. The molecule has 3 atom stereocenters. The quantitative estimate of drug-likeness (QED) is 0.605. The smallest absolute Gasteiger partial charge is 0.424 e. The number of nitro groups is 1. The number of nitrogens with zero attached hydrogens (tertiary/aromatic N) is 1. The van der Waals surface area contributed by atoms with Crippen molar-refractivity contribution in [3.05, 3.63) is 33.8 Å². The summed E-state index contributed by atoms with van der Waals surface area (Å²) in [5.74, 6) is -1.97. The van der Waals surface area contributed by atoms with Crippen molar-refractivity contribution in [1.82, 2.24) is 5.32 Å². The lowest BCUT2D eigenvalue weighted by molar-refractivity contribution is -0.497. The van der Waals surface area contributed by atoms with Crippen LogP contribution in [0.25, 0.3) is 0 Å². The molecule has 0 aromatic carbocycles. The van der Waals surface area contributed by atoms with E-state index in [4.69, 9.17) is 4.42 Å². The fraction of sp³-hybridized carbons (Fsp3) is 0.615. The van der Waals surface area contributed by atoms with Crippen LogP contribution < -0.4 is 5.32 Å². The van der Waals surface area contributed by atoms with E-state index in [9.17, 15) is 33.2 Å². The lowest BCUT2D eigenvalue weighted by Crippen LogP contribution is -2.45. The van der Waals surface area contributed by atoms with Gasteiger partial charge in [-0.05, 0) is 19.1 Å². The summed E-state index contributed by atoms with van der Waals surface area (Å²) in [7, 11) is 0. The third kappa shape index (κ3) is 3.46. The van der Waals surface area contributed by atoms with Gasteiger partial charge in [-0.15, -0.1) is 0 Å². The first-order valence-corrected chi connectivity index (χ1v) is 6.83. The Morgan fingerprint density at radius 1 is 1.52 bits per heavy atom. The largest absolute Gasteiger partial charge is 0.463 e. The number of aliphatic hydroxyl groups is 1. The Morgan fingerprint density at radius 3 is 2.61 bits per heavy atom. The number of rotatable bonds is 6. The van der Waals surface area contributed by atoms with Gasteiger partial charge in [0.25, 0.3) is 0 Å². The number of furan rings is 1. The molecule has 128 valence electrons. The first kappa shape index (κ1) is 17.3. The summed E-state index contributed by atoms with van der Waals surface area (Å²) in [6, 6.07) is 1.33. The summed E-state index contributed by atoms with van der Waals surface area (Å²) in [6.45, 7) is 0.947. The predicted molar refractivity (Wildman–Crippen MR) is 69.9 cm³/mol. The summed E-state index contributed by atoms with van der Waals surface area (Å²) in [4.78, 5) is 21.5. The van der Waals surface area contributed by atoms with Gasteiger partial charge >= 0.3 is 6.18 Å². The molecule has 0 spiro atoms. The van der Waals surface area contributed by atoms with E-state index >= 15 is 0 Å². The molecule has 2 N–H and O–H groups in total. The second-order valence-corrected chi connectivity index (χ2v) is 5.50. The van der Waals surface area contributed by atoms with Crippen molar-refractivity contribution in [3.8, 4) is 0 Å². The van der Waals surface area contributed by atoms with Crippen LogP contribution in [-0.2, 0) is 10.4 Å². The summed E-state index contributed by atoms with van der Waals surface area (Å²) < 4.78 is 44.3. The van der Waals surface area contributed by atoms with Crippen molar-refractivity contribution in [2.24, 2.45) is 5.92 Å². The van der Waals surface area contributed by atoms with E-state index in [0.29, 0.717) is 0 Å². The van der Waals surface area contributed by atoms with Gasteiger partial charge in [-0.3, -0.25) is 14.9 Å². The number of carbonyl (C=O) groups excluding carboxylic acids is 1. The van der Waals surface area contributed by atoms with Crippen molar-refractivity contribution >= 4 is 5.91 Å². The molecule has 1 aliphatic carbocycles. The van der Waals surface area contributed by atoms with Gasteiger partial charge in [0.1, 0.15) is 17.4 Å². The maximum atomic E-state index is 13.2. The molecule has 0 bridgehead atoms. The number of halogens is 3. The van der Waals surface area contributed by atoms with E-state index in [1.807, 2.05) is 0 Å². The molecule has 10 heteroatoms. The molecule has 23 heavy (non-hydrogen) atoms. The predicted octanol–water partition coefficient (Wildman–Crippen LogP) is 1.51. The Balaban J connectivity index is 1.98. The van der Waals surface area contributed by atoms with Crippen LogP contribution >= 0.6 is 0 Å². The zero-order valence-corrected chi connectivity index (χ0v) is 12.1. The Kier molecular flexibility index (Phi) is 4.38. The minimum atomic E-state index is -5.00. The van der Waals surface area contributed by atoms with Gasteiger partial charge in [-0.25, -0.2) is 0 Å². The molecule has 0 saturated heterocycles. The summed E-state index contributed by atoms with van der Waals surface area (Å²) in [5.41, 5.74) is -3.24. The Bertz CT molecular complexity index is 615. The van der Waals surface area contributed by atoms with E-state index < -0.39 is 53.3 Å². The van der Waals surface area contributed by atoms with Crippen molar-refractivity contribution in [1.29, 1.82) is 0 Å². The molecule has 1 saturated carbocycles. The van der Waals surface area contributed by atoms with Crippen LogP contribution in [0.2, 0.25) is 0 Å². The van der Waals surface area contributed by atoms with E-state index in [0.717, 1.165) is 6.07 Å². The highest BCUT2D eigenvalue weighted by Crippen LogP contribution is 2.42. The summed E-state index contributed by atoms with van der Waals surface area (Å²) >= 11 is 0. The van der Waals surface area contributed by atoms with Gasteiger partial charge in [0, 0.05) is 24.3 Å². The van der Waals surface area contributed by atoms with Gasteiger partial charge in [0.05, 0.1) is 0 Å². The molecule has 1 amide bonds. The number of aryl methyl sites for hydroxylation is 1. The van der Waals surface area contributed by atoms with Crippen molar-refractivity contribution in [3.63, 3.8) is 0 Å². The molecule has 1 fully saturated rings. The van der Waals surface area contributed by atoms with Crippen molar-refractivity contribution in [2.75, 3.05) is 6.54 Å². The molecule has 0 aliphatic heterocycles. The van der Waals surface area contributed by atoms with Crippen LogP contribution in [0, 0.1) is 23.0 Å². The molecule has 1 aromatic rings. The molecule has 1 aromatic heterocycles. The molecule has 2 rings (SSSR count). The van der Waals surface area contributed by atoms with E-state index in [-0.39, 0.29) is 12.2 Å². The number of hydrogen-bond donors (Lipinski definition) is 2. The highest BCUT2D eigenvalue weighted by Gasteiger charge is 2.57. The van der Waals surface area contributed by atoms with Crippen LogP contribution in [-0.4, -0.2) is 34.7 Å². The van der Waals surface area contributed by atoms with Gasteiger partial charge in [0.15, 0.2) is 0 Å². The number of hydrogen-bond acceptors (Lipinski definition) is 5. The molecular weight excluding hydrogens is 321 g/mol. The first-order chi connectivity index (χ1) is 10.6. The molecule has 1 heterocycles. The van der Waals surface area contributed by atoms with E-state index in [2.05, 4.69) is 5.32 Å². The van der Waals surface area contributed by atoms with Crippen LogP contribution in [0.4, 0.5) is 13.2 Å². The van der Waals surface area contributed by atoms with Crippen LogP contribution in [0.1, 0.15) is 24.4 Å². The number of amides is 1.